The van der Waals surface area contributed by atoms with Gasteiger partial charge in [0.15, 0.2) is 0 Å². The summed E-state index contributed by atoms with van der Waals surface area (Å²) in [7, 11) is 0. The lowest BCUT2D eigenvalue weighted by Crippen LogP contribution is -2.30. The number of pyridine rings is 1. The van der Waals surface area contributed by atoms with Crippen LogP contribution in [0.25, 0.3) is 21.1 Å². The highest BCUT2D eigenvalue weighted by Gasteiger charge is 2.29. The normalized spacial score (nSPS) is 13.2. The van der Waals surface area contributed by atoms with E-state index < -0.39 is 0 Å². The van der Waals surface area contributed by atoms with Gasteiger partial charge in [-0.3, -0.25) is 0 Å². The molecule has 0 bridgehead atoms. The number of hydrogen-bond donors (Lipinski definition) is 0. The van der Waals surface area contributed by atoms with E-state index in [4.69, 9.17) is 9.72 Å². The first kappa shape index (κ1) is 15.1. The summed E-state index contributed by atoms with van der Waals surface area (Å²) in [6.07, 6.45) is 1.81. The third-order valence-electron chi connectivity index (χ3n) is 4.07. The van der Waals surface area contributed by atoms with Crippen LogP contribution >= 0.6 is 11.3 Å². The first-order valence-electron chi connectivity index (χ1n) is 7.96. The van der Waals surface area contributed by atoms with Crippen LogP contribution in [0, 0.1) is 0 Å². The fourth-order valence-corrected chi connectivity index (χ4v) is 4.04. The molecule has 0 saturated carbocycles. The monoisotopic (exact) mass is 339 g/mol. The topological polar surface area (TPSA) is 54.8 Å². The first-order valence-corrected chi connectivity index (χ1v) is 8.78. The number of hydrogen-bond acceptors (Lipinski definition) is 6. The fourth-order valence-electron chi connectivity index (χ4n) is 3.01. The molecular weight excluding hydrogens is 322 g/mol. The van der Waals surface area contributed by atoms with E-state index in [-0.39, 0.29) is 12.0 Å². The van der Waals surface area contributed by atoms with Crippen LogP contribution in [0.5, 0.6) is 0 Å². The Morgan fingerprint density at radius 1 is 1.33 bits per heavy atom. The van der Waals surface area contributed by atoms with E-state index >= 15 is 0 Å². The van der Waals surface area contributed by atoms with Gasteiger partial charge in [0, 0.05) is 11.4 Å². The van der Waals surface area contributed by atoms with E-state index in [1.54, 1.807) is 6.92 Å². The van der Waals surface area contributed by atoms with Gasteiger partial charge in [-0.25, -0.2) is 14.8 Å². The Labute approximate surface area is 143 Å². The number of para-hydroxylation sites is 1. The molecule has 2 aromatic heterocycles. The summed E-state index contributed by atoms with van der Waals surface area (Å²) in [5.41, 5.74) is 2.67. The maximum atomic E-state index is 12.3. The Kier molecular flexibility index (Phi) is 3.49. The zero-order chi connectivity index (χ0) is 16.8. The van der Waals surface area contributed by atoms with E-state index in [2.05, 4.69) is 29.8 Å². The molecule has 1 aliphatic rings. The van der Waals surface area contributed by atoms with E-state index in [9.17, 15) is 4.79 Å². The average Bonchev–Trinajstić information content (AvgIpc) is 2.95. The van der Waals surface area contributed by atoms with Gasteiger partial charge in [-0.1, -0.05) is 18.2 Å². The molecular formula is C18H17N3O2S. The van der Waals surface area contributed by atoms with Crippen LogP contribution in [0.2, 0.25) is 0 Å². The van der Waals surface area contributed by atoms with Crippen LogP contribution in [0.3, 0.4) is 0 Å². The van der Waals surface area contributed by atoms with Crippen molar-refractivity contribution in [2.75, 3.05) is 11.5 Å². The minimum Gasteiger partial charge on any atom is -0.462 e. The van der Waals surface area contributed by atoms with Crippen LogP contribution in [0.1, 0.15) is 30.4 Å². The minimum atomic E-state index is -0.333. The van der Waals surface area contributed by atoms with Crippen LogP contribution < -0.4 is 4.90 Å². The van der Waals surface area contributed by atoms with Crippen molar-refractivity contribution < 1.29 is 9.53 Å². The predicted molar refractivity (Wildman–Crippen MR) is 98.8 cm³/mol. The Bertz CT molecular complexity index is 991. The summed E-state index contributed by atoms with van der Waals surface area (Å²) in [4.78, 5) is 25.1. The Balaban J connectivity index is 2.10. The van der Waals surface area contributed by atoms with Crippen molar-refractivity contribution in [1.82, 2.24) is 4.98 Å². The lowest BCUT2D eigenvalue weighted by Gasteiger charge is -2.28. The van der Waals surface area contributed by atoms with Crippen molar-refractivity contribution >= 4 is 56.1 Å². The molecule has 0 aliphatic carbocycles. The molecule has 1 aliphatic heterocycles. The number of thiophene rings is 1. The van der Waals surface area contributed by atoms with Gasteiger partial charge in [0.05, 0.1) is 29.5 Å². The van der Waals surface area contributed by atoms with Crippen molar-refractivity contribution in [3.05, 3.63) is 29.1 Å². The van der Waals surface area contributed by atoms with Crippen molar-refractivity contribution in [2.45, 2.75) is 26.8 Å². The molecule has 1 aromatic carbocycles. The lowest BCUT2D eigenvalue weighted by atomic mass is 10.1. The number of benzene rings is 1. The molecule has 0 saturated heterocycles. The number of nitrogens with zero attached hydrogens (tertiary/aromatic N) is 3. The van der Waals surface area contributed by atoms with Gasteiger partial charge < -0.3 is 9.64 Å². The predicted octanol–water partition coefficient (Wildman–Crippen LogP) is 4.51. The third-order valence-corrected chi connectivity index (χ3v) is 5.12. The summed E-state index contributed by atoms with van der Waals surface area (Å²) in [6.45, 7) is 6.39. The molecule has 3 heterocycles. The largest absolute Gasteiger partial charge is 0.462 e. The molecule has 122 valence electrons. The van der Waals surface area contributed by atoms with Gasteiger partial charge in [0.1, 0.15) is 15.4 Å². The van der Waals surface area contributed by atoms with Gasteiger partial charge in [0.25, 0.3) is 0 Å². The van der Waals surface area contributed by atoms with Gasteiger partial charge in [-0.05, 0) is 26.8 Å². The zero-order valence-corrected chi connectivity index (χ0v) is 14.6. The van der Waals surface area contributed by atoms with E-state index in [0.717, 1.165) is 26.8 Å². The molecule has 3 aromatic rings. The summed E-state index contributed by atoms with van der Waals surface area (Å²) in [6, 6.07) is 8.30. The highest BCUT2D eigenvalue weighted by molar-refractivity contribution is 7.21. The lowest BCUT2D eigenvalue weighted by molar-refractivity contribution is 0.0533. The number of esters is 1. The molecule has 0 spiro atoms. The number of aromatic nitrogens is 1. The molecule has 0 atom stereocenters. The summed E-state index contributed by atoms with van der Waals surface area (Å²) < 4.78 is 5.19. The van der Waals surface area contributed by atoms with Gasteiger partial charge in [-0.15, -0.1) is 11.3 Å². The second kappa shape index (κ2) is 5.56. The van der Waals surface area contributed by atoms with E-state index in [1.807, 2.05) is 24.5 Å². The Morgan fingerprint density at radius 2 is 2.12 bits per heavy atom. The summed E-state index contributed by atoms with van der Waals surface area (Å²) >= 11 is 1.35. The van der Waals surface area contributed by atoms with Crippen molar-refractivity contribution in [2.24, 2.45) is 4.99 Å². The van der Waals surface area contributed by atoms with Crippen LogP contribution in [0.15, 0.2) is 29.3 Å². The maximum absolute atomic E-state index is 12.3. The molecule has 0 unspecified atom stereocenters. The Morgan fingerprint density at radius 3 is 2.88 bits per heavy atom. The first-order chi connectivity index (χ1) is 11.6. The second-order valence-corrected chi connectivity index (χ2v) is 6.90. The summed E-state index contributed by atoms with van der Waals surface area (Å²) in [5, 5.41) is 2.01. The zero-order valence-electron chi connectivity index (χ0n) is 13.7. The molecule has 6 heteroatoms. The molecule has 0 fully saturated rings. The van der Waals surface area contributed by atoms with Crippen LogP contribution in [0.4, 0.5) is 11.4 Å². The van der Waals surface area contributed by atoms with Crippen LogP contribution in [-0.4, -0.2) is 29.9 Å². The van der Waals surface area contributed by atoms with Gasteiger partial charge in [0.2, 0.25) is 0 Å². The van der Waals surface area contributed by atoms with Crippen molar-refractivity contribution in [3.8, 4) is 0 Å². The fraction of sp³-hybridized carbons (Fsp3) is 0.278. The molecule has 24 heavy (non-hydrogen) atoms. The number of ether oxygens (including phenoxy) is 1. The van der Waals surface area contributed by atoms with Crippen LogP contribution in [-0.2, 0) is 4.74 Å². The number of anilines is 1. The summed E-state index contributed by atoms with van der Waals surface area (Å²) in [5.74, 6) is -0.333. The quantitative estimate of drug-likeness (QED) is 0.659. The molecule has 5 nitrogen and oxygen atoms in total. The van der Waals surface area contributed by atoms with E-state index in [0.29, 0.717) is 17.2 Å². The maximum Gasteiger partial charge on any atom is 0.350 e. The Hall–Kier alpha value is -2.47. The number of carbonyl (C=O) groups excluding carboxylic acids is 1. The van der Waals surface area contributed by atoms with Crippen molar-refractivity contribution in [1.29, 1.82) is 0 Å². The second-order valence-electron chi connectivity index (χ2n) is 5.90. The number of carbonyl (C=O) groups is 1. The van der Waals surface area contributed by atoms with Crippen molar-refractivity contribution in [3.63, 3.8) is 0 Å². The standard InChI is InChI=1S/C18H17N3O2S/c1-4-23-18(22)16-14-13-15(21(9-19-14)10(2)3)11-7-5-6-8-12(11)20-17(13)24-16/h5-10H,4H2,1-3H3. The minimum absolute atomic E-state index is 0.252. The molecule has 0 amide bonds. The smallest absolute Gasteiger partial charge is 0.350 e. The highest BCUT2D eigenvalue weighted by Crippen LogP contribution is 2.47. The number of rotatable bonds is 3. The SMILES string of the molecule is CCOC(=O)c1sc2nc3ccccc3c3c2c1N=CN3C(C)C. The van der Waals surface area contributed by atoms with Gasteiger partial charge >= 0.3 is 5.97 Å². The van der Waals surface area contributed by atoms with Gasteiger partial charge in [-0.2, -0.15) is 0 Å². The average molecular weight is 339 g/mol. The van der Waals surface area contributed by atoms with E-state index in [1.165, 1.54) is 11.3 Å². The highest BCUT2D eigenvalue weighted by atomic mass is 32.1. The number of fused-ring (bicyclic) bond motifs is 2. The molecule has 0 radical (unpaired) electrons. The molecule has 0 N–H and O–H groups in total. The molecule has 4 rings (SSSR count). The third kappa shape index (κ3) is 2.10. The number of aliphatic imine (C=N–C) groups is 1.